The first-order valence-electron chi connectivity index (χ1n) is 6.28. The quantitative estimate of drug-likeness (QED) is 0.794. The van der Waals surface area contributed by atoms with E-state index < -0.39 is 5.60 Å². The van der Waals surface area contributed by atoms with Gasteiger partial charge in [0.1, 0.15) is 5.60 Å². The van der Waals surface area contributed by atoms with Crippen LogP contribution in [0.5, 0.6) is 0 Å². The van der Waals surface area contributed by atoms with Gasteiger partial charge in [0.05, 0.1) is 0 Å². The highest BCUT2D eigenvalue weighted by molar-refractivity contribution is 9.10. The summed E-state index contributed by atoms with van der Waals surface area (Å²) in [6.07, 6.45) is 8.06. The van der Waals surface area contributed by atoms with E-state index in [0.717, 1.165) is 22.9 Å². The van der Waals surface area contributed by atoms with Crippen LogP contribution in [0.4, 0.5) is 0 Å². The zero-order chi connectivity index (χ0) is 12.3. The van der Waals surface area contributed by atoms with Crippen molar-refractivity contribution in [2.24, 2.45) is 0 Å². The fraction of sp³-hybridized carbons (Fsp3) is 0.467. The van der Waals surface area contributed by atoms with Crippen LogP contribution in [0, 0.1) is 0 Å². The van der Waals surface area contributed by atoms with Crippen LogP contribution in [0.25, 0.3) is 0 Å². The van der Waals surface area contributed by atoms with Crippen molar-refractivity contribution >= 4 is 15.9 Å². The van der Waals surface area contributed by atoms with Gasteiger partial charge in [0.15, 0.2) is 0 Å². The Balaban J connectivity index is 2.27. The molecular formula is C15H19BrO. The first-order valence-corrected chi connectivity index (χ1v) is 7.08. The molecule has 1 unspecified atom stereocenters. The molecule has 1 aliphatic carbocycles. The second kappa shape index (κ2) is 5.36. The van der Waals surface area contributed by atoms with E-state index in [1.165, 1.54) is 24.8 Å². The Kier molecular flexibility index (Phi) is 4.05. The molecule has 0 bridgehead atoms. The zero-order valence-electron chi connectivity index (χ0n) is 10.2. The highest BCUT2D eigenvalue weighted by Gasteiger charge is 2.27. The lowest BCUT2D eigenvalue weighted by atomic mass is 9.85. The third kappa shape index (κ3) is 2.99. The fourth-order valence-corrected chi connectivity index (χ4v) is 2.68. The monoisotopic (exact) mass is 294 g/mol. The highest BCUT2D eigenvalue weighted by Crippen LogP contribution is 2.34. The minimum Gasteiger partial charge on any atom is -0.381 e. The van der Waals surface area contributed by atoms with Crippen LogP contribution >= 0.6 is 15.9 Å². The van der Waals surface area contributed by atoms with Crippen molar-refractivity contribution in [3.05, 3.63) is 46.0 Å². The molecule has 2 heteroatoms. The Morgan fingerprint density at radius 2 is 1.82 bits per heavy atom. The molecule has 2 rings (SSSR count). The van der Waals surface area contributed by atoms with Gasteiger partial charge in [0.2, 0.25) is 0 Å². The predicted octanol–water partition coefficient (Wildman–Crippen LogP) is 4.55. The summed E-state index contributed by atoms with van der Waals surface area (Å²) in [6, 6.07) is 7.97. The summed E-state index contributed by atoms with van der Waals surface area (Å²) in [7, 11) is 0. The maximum atomic E-state index is 10.7. The number of aliphatic hydroxyl groups is 1. The molecule has 92 valence electrons. The van der Waals surface area contributed by atoms with Crippen molar-refractivity contribution in [1.82, 2.24) is 0 Å². The van der Waals surface area contributed by atoms with E-state index >= 15 is 0 Å². The Hall–Kier alpha value is -0.600. The maximum absolute atomic E-state index is 10.7. The third-order valence-corrected chi connectivity index (χ3v) is 4.10. The third-order valence-electron chi connectivity index (χ3n) is 3.57. The van der Waals surface area contributed by atoms with Gasteiger partial charge in [0.25, 0.3) is 0 Å². The van der Waals surface area contributed by atoms with E-state index in [2.05, 4.69) is 22.0 Å². The Bertz CT molecular complexity index is 403. The molecule has 17 heavy (non-hydrogen) atoms. The van der Waals surface area contributed by atoms with E-state index in [-0.39, 0.29) is 0 Å². The standard InChI is InChI=1S/C15H19BrO/c1-15(17,12-6-4-2-3-5-7-12)13-8-10-14(16)11-9-13/h6,8-11,17H,2-5,7H2,1H3. The van der Waals surface area contributed by atoms with Crippen molar-refractivity contribution < 1.29 is 5.11 Å². The number of hydrogen-bond donors (Lipinski definition) is 1. The van der Waals surface area contributed by atoms with Crippen LogP contribution in [-0.2, 0) is 5.60 Å². The number of hydrogen-bond acceptors (Lipinski definition) is 1. The molecule has 1 aliphatic rings. The Labute approximate surface area is 112 Å². The van der Waals surface area contributed by atoms with Gasteiger partial charge in [-0.1, -0.05) is 40.6 Å². The molecule has 0 aliphatic heterocycles. The van der Waals surface area contributed by atoms with Crippen LogP contribution in [0.3, 0.4) is 0 Å². The fourth-order valence-electron chi connectivity index (χ4n) is 2.42. The molecule has 0 spiro atoms. The Morgan fingerprint density at radius 3 is 2.53 bits per heavy atom. The minimum atomic E-state index is -0.814. The van der Waals surface area contributed by atoms with Gasteiger partial charge in [-0.3, -0.25) is 0 Å². The zero-order valence-corrected chi connectivity index (χ0v) is 11.8. The Morgan fingerprint density at radius 1 is 1.12 bits per heavy atom. The van der Waals surface area contributed by atoms with E-state index in [1.807, 2.05) is 31.2 Å². The second-order valence-corrected chi connectivity index (χ2v) is 5.82. The summed E-state index contributed by atoms with van der Waals surface area (Å²) >= 11 is 3.42. The average molecular weight is 295 g/mol. The molecule has 0 radical (unpaired) electrons. The van der Waals surface area contributed by atoms with E-state index in [4.69, 9.17) is 0 Å². The van der Waals surface area contributed by atoms with Crippen LogP contribution in [-0.4, -0.2) is 5.11 Å². The van der Waals surface area contributed by atoms with Crippen molar-refractivity contribution in [2.45, 2.75) is 44.6 Å². The smallest absolute Gasteiger partial charge is 0.108 e. The maximum Gasteiger partial charge on any atom is 0.108 e. The average Bonchev–Trinajstić information content (AvgIpc) is 2.58. The van der Waals surface area contributed by atoms with Gasteiger partial charge < -0.3 is 5.11 Å². The van der Waals surface area contributed by atoms with Crippen molar-refractivity contribution in [3.63, 3.8) is 0 Å². The van der Waals surface area contributed by atoms with Gasteiger partial charge in [-0.05, 0) is 55.9 Å². The topological polar surface area (TPSA) is 20.2 Å². The van der Waals surface area contributed by atoms with E-state index in [0.29, 0.717) is 0 Å². The molecule has 0 aromatic heterocycles. The molecule has 1 nitrogen and oxygen atoms in total. The van der Waals surface area contributed by atoms with E-state index in [9.17, 15) is 5.11 Å². The molecule has 0 amide bonds. The van der Waals surface area contributed by atoms with Crippen LogP contribution in [0.15, 0.2) is 40.4 Å². The van der Waals surface area contributed by atoms with Crippen LogP contribution in [0.2, 0.25) is 0 Å². The largest absolute Gasteiger partial charge is 0.381 e. The van der Waals surface area contributed by atoms with Gasteiger partial charge in [-0.15, -0.1) is 0 Å². The summed E-state index contributed by atoms with van der Waals surface area (Å²) in [5, 5.41) is 10.7. The highest BCUT2D eigenvalue weighted by atomic mass is 79.9. The predicted molar refractivity (Wildman–Crippen MR) is 74.9 cm³/mol. The number of allylic oxidation sites excluding steroid dienone is 1. The van der Waals surface area contributed by atoms with Gasteiger partial charge in [-0.25, -0.2) is 0 Å². The summed E-state index contributed by atoms with van der Waals surface area (Å²) in [5.41, 5.74) is 1.34. The summed E-state index contributed by atoms with van der Waals surface area (Å²) in [6.45, 7) is 1.91. The van der Waals surface area contributed by atoms with Gasteiger partial charge in [0, 0.05) is 4.47 Å². The van der Waals surface area contributed by atoms with Crippen molar-refractivity contribution in [1.29, 1.82) is 0 Å². The number of benzene rings is 1. The molecule has 1 atom stereocenters. The molecule has 1 aromatic rings. The molecule has 1 aromatic carbocycles. The number of rotatable bonds is 2. The lowest BCUT2D eigenvalue weighted by molar-refractivity contribution is 0.0931. The molecule has 0 saturated carbocycles. The van der Waals surface area contributed by atoms with Crippen molar-refractivity contribution in [3.8, 4) is 0 Å². The van der Waals surface area contributed by atoms with Crippen LogP contribution < -0.4 is 0 Å². The normalized spacial score (nSPS) is 20.3. The number of halogens is 1. The lowest BCUT2D eigenvalue weighted by Gasteiger charge is -2.27. The minimum absolute atomic E-state index is 0.814. The summed E-state index contributed by atoms with van der Waals surface area (Å²) < 4.78 is 1.05. The first kappa shape index (κ1) is 12.8. The van der Waals surface area contributed by atoms with Crippen LogP contribution in [0.1, 0.15) is 44.6 Å². The summed E-state index contributed by atoms with van der Waals surface area (Å²) in [5.74, 6) is 0. The molecule has 0 fully saturated rings. The van der Waals surface area contributed by atoms with Gasteiger partial charge >= 0.3 is 0 Å². The first-order chi connectivity index (χ1) is 8.10. The SMILES string of the molecule is CC(O)(C1=CCCCCC1)c1ccc(Br)cc1. The molecule has 1 N–H and O–H groups in total. The molecule has 0 saturated heterocycles. The summed E-state index contributed by atoms with van der Waals surface area (Å²) in [4.78, 5) is 0. The second-order valence-electron chi connectivity index (χ2n) is 4.91. The molecular weight excluding hydrogens is 276 g/mol. The van der Waals surface area contributed by atoms with E-state index in [1.54, 1.807) is 0 Å². The molecule has 0 heterocycles. The van der Waals surface area contributed by atoms with Gasteiger partial charge in [-0.2, -0.15) is 0 Å². The van der Waals surface area contributed by atoms with Crippen molar-refractivity contribution in [2.75, 3.05) is 0 Å². The lowest BCUT2D eigenvalue weighted by Crippen LogP contribution is -2.24.